The summed E-state index contributed by atoms with van der Waals surface area (Å²) >= 11 is 0. The third-order valence-corrected chi connectivity index (χ3v) is 6.47. The topological polar surface area (TPSA) is 65.1 Å². The van der Waals surface area contributed by atoms with Crippen molar-refractivity contribution < 1.29 is 13.5 Å². The van der Waals surface area contributed by atoms with E-state index in [1.54, 1.807) is 18.5 Å². The molecule has 38 heavy (non-hydrogen) atoms. The first kappa shape index (κ1) is 23.6. The summed E-state index contributed by atoms with van der Waals surface area (Å²) in [6.07, 6.45) is 7.47. The number of anilines is 1. The van der Waals surface area contributed by atoms with Crippen LogP contribution in [0, 0.1) is 11.6 Å². The second-order valence-electron chi connectivity index (χ2n) is 9.10. The highest BCUT2D eigenvalue weighted by Crippen LogP contribution is 2.30. The highest BCUT2D eigenvalue weighted by molar-refractivity contribution is 5.85. The number of nitrogens with one attached hydrogen (secondary N) is 1. The summed E-state index contributed by atoms with van der Waals surface area (Å²) in [6.45, 7) is 0.523. The number of rotatable bonds is 6. The van der Waals surface area contributed by atoms with Gasteiger partial charge in [-0.1, -0.05) is 42.5 Å². The van der Waals surface area contributed by atoms with Crippen molar-refractivity contribution in [1.29, 1.82) is 0 Å². The maximum atomic E-state index is 14.4. The summed E-state index contributed by atoms with van der Waals surface area (Å²) in [7, 11) is 0. The van der Waals surface area contributed by atoms with Gasteiger partial charge in [0, 0.05) is 29.2 Å². The maximum Gasteiger partial charge on any atom is 0.147 e. The van der Waals surface area contributed by atoms with E-state index in [1.165, 1.54) is 12.1 Å². The monoisotopic (exact) mass is 506 g/mol. The van der Waals surface area contributed by atoms with Gasteiger partial charge in [-0.05, 0) is 70.8 Å². The van der Waals surface area contributed by atoms with E-state index in [2.05, 4.69) is 10.3 Å². The number of ether oxygens (including phenoxy) is 1. The zero-order valence-electron chi connectivity index (χ0n) is 20.3. The minimum Gasteiger partial charge on any atom is -0.399 e. The number of hydrogen-bond donors (Lipinski definition) is 2. The van der Waals surface area contributed by atoms with Crippen LogP contribution < -0.4 is 11.1 Å². The number of benzene rings is 4. The quantitative estimate of drug-likeness (QED) is 0.255. The number of nitrogens with zero attached hydrogens (tertiary/aromatic N) is 2. The Bertz CT molecular complexity index is 1690. The molecular weight excluding hydrogens is 482 g/mol. The summed E-state index contributed by atoms with van der Waals surface area (Å²) in [6, 6.07) is 24.9. The van der Waals surface area contributed by atoms with E-state index < -0.39 is 11.6 Å². The van der Waals surface area contributed by atoms with Crippen LogP contribution >= 0.6 is 0 Å². The number of aromatic nitrogens is 2. The molecule has 0 fully saturated rings. The Kier molecular flexibility index (Phi) is 6.19. The molecule has 0 radical (unpaired) electrons. The first-order valence-corrected chi connectivity index (χ1v) is 12.2. The van der Waals surface area contributed by atoms with Gasteiger partial charge in [-0.3, -0.25) is 4.57 Å². The van der Waals surface area contributed by atoms with Crippen molar-refractivity contribution in [3.8, 4) is 16.8 Å². The second kappa shape index (κ2) is 9.95. The Balaban J connectivity index is 1.23. The average Bonchev–Trinajstić information content (AvgIpc) is 3.36. The van der Waals surface area contributed by atoms with Crippen LogP contribution in [-0.4, -0.2) is 15.8 Å². The fourth-order valence-corrected chi connectivity index (χ4v) is 4.56. The molecule has 1 aliphatic rings. The lowest BCUT2D eigenvalue weighted by Crippen LogP contribution is -2.27. The first-order valence-electron chi connectivity index (χ1n) is 12.2. The van der Waals surface area contributed by atoms with Crippen molar-refractivity contribution in [2.45, 2.75) is 12.8 Å². The molecule has 0 bridgehead atoms. The number of imidazole rings is 1. The molecule has 1 aliphatic heterocycles. The average molecular weight is 507 g/mol. The molecule has 7 heteroatoms. The fraction of sp³-hybridized carbons (Fsp3) is 0.0645. The van der Waals surface area contributed by atoms with Crippen LogP contribution in [0.5, 0.6) is 0 Å². The van der Waals surface area contributed by atoms with E-state index in [-0.39, 0.29) is 11.8 Å². The third-order valence-electron chi connectivity index (χ3n) is 6.47. The molecule has 0 saturated carbocycles. The van der Waals surface area contributed by atoms with Gasteiger partial charge >= 0.3 is 0 Å². The normalized spacial score (nSPS) is 14.9. The summed E-state index contributed by atoms with van der Waals surface area (Å²) in [5.74, 6) is -1.27. The molecule has 0 saturated heterocycles. The van der Waals surface area contributed by atoms with Gasteiger partial charge in [0.05, 0.1) is 17.6 Å². The Morgan fingerprint density at radius 2 is 1.79 bits per heavy atom. The second-order valence-corrected chi connectivity index (χ2v) is 9.10. The zero-order chi connectivity index (χ0) is 26.1. The van der Waals surface area contributed by atoms with E-state index in [0.717, 1.165) is 39.5 Å². The number of fused-ring (bicyclic) bond motifs is 1. The smallest absolute Gasteiger partial charge is 0.147 e. The van der Waals surface area contributed by atoms with E-state index in [1.807, 2.05) is 77.5 Å². The molecule has 0 spiro atoms. The van der Waals surface area contributed by atoms with E-state index in [0.29, 0.717) is 17.9 Å². The molecule has 5 nitrogen and oxygen atoms in total. The van der Waals surface area contributed by atoms with Gasteiger partial charge in [0.25, 0.3) is 0 Å². The molecule has 2 heterocycles. The van der Waals surface area contributed by atoms with Gasteiger partial charge in [-0.2, -0.15) is 0 Å². The summed E-state index contributed by atoms with van der Waals surface area (Å²) in [4.78, 5) is 4.59. The molecule has 1 aromatic heterocycles. The third kappa shape index (κ3) is 4.79. The van der Waals surface area contributed by atoms with Gasteiger partial charge in [0.15, 0.2) is 0 Å². The minimum absolute atomic E-state index is 0.203. The fourth-order valence-electron chi connectivity index (χ4n) is 4.56. The van der Waals surface area contributed by atoms with Crippen molar-refractivity contribution in [3.05, 3.63) is 132 Å². The van der Waals surface area contributed by atoms with E-state index in [4.69, 9.17) is 10.5 Å². The molecule has 6 rings (SSSR count). The van der Waals surface area contributed by atoms with Gasteiger partial charge < -0.3 is 15.8 Å². The molecule has 5 aromatic rings. The molecular formula is C31H24F2N4O. The minimum atomic E-state index is -0.642. The van der Waals surface area contributed by atoms with Crippen molar-refractivity contribution in [1.82, 2.24) is 14.9 Å². The standard InChI is InChI=1S/C31H24F2N4O/c32-24-8-9-27(28(33)15-24)23-12-25(34)16-26(13-23)37-19-36-29-14-21(6-10-30(29)37)22-7-11-31(35-17-22)38-18-20-4-2-1-3-5-20/h1-17,19,31,35H,18,34H2. The summed E-state index contributed by atoms with van der Waals surface area (Å²) < 4.78 is 35.7. The van der Waals surface area contributed by atoms with Gasteiger partial charge in [0.1, 0.15) is 24.2 Å². The van der Waals surface area contributed by atoms with Gasteiger partial charge in [-0.25, -0.2) is 13.8 Å². The Labute approximate surface area is 218 Å². The van der Waals surface area contributed by atoms with Crippen LogP contribution in [0.15, 0.2) is 110 Å². The van der Waals surface area contributed by atoms with Gasteiger partial charge in [-0.15, -0.1) is 0 Å². The van der Waals surface area contributed by atoms with E-state index >= 15 is 0 Å². The van der Waals surface area contributed by atoms with Crippen LogP contribution in [0.2, 0.25) is 0 Å². The van der Waals surface area contributed by atoms with Crippen LogP contribution in [0.25, 0.3) is 33.4 Å². The number of allylic oxidation sites excluding steroid dienone is 2. The largest absolute Gasteiger partial charge is 0.399 e. The SMILES string of the molecule is Nc1cc(-c2ccc(F)cc2F)cc(-n2cnc3cc(C4=CNC(OCc5ccccc5)C=C4)ccc32)c1. The first-order chi connectivity index (χ1) is 18.5. The lowest BCUT2D eigenvalue weighted by molar-refractivity contribution is 0.0584. The number of nitrogens with two attached hydrogens (primary N) is 1. The number of nitrogen functional groups attached to an aromatic ring is 1. The lowest BCUT2D eigenvalue weighted by Gasteiger charge is -2.19. The van der Waals surface area contributed by atoms with Crippen molar-refractivity contribution >= 4 is 22.3 Å². The highest BCUT2D eigenvalue weighted by atomic mass is 19.1. The number of dihydropyridines is 1. The Hall–Kier alpha value is -4.75. The van der Waals surface area contributed by atoms with Crippen LogP contribution in [0.4, 0.5) is 14.5 Å². The molecule has 1 unspecified atom stereocenters. The Morgan fingerprint density at radius 3 is 2.58 bits per heavy atom. The zero-order valence-corrected chi connectivity index (χ0v) is 20.3. The van der Waals surface area contributed by atoms with Crippen molar-refractivity contribution in [2.75, 3.05) is 5.73 Å². The maximum absolute atomic E-state index is 14.4. The predicted molar refractivity (Wildman–Crippen MR) is 146 cm³/mol. The highest BCUT2D eigenvalue weighted by Gasteiger charge is 2.14. The predicted octanol–water partition coefficient (Wildman–Crippen LogP) is 6.60. The van der Waals surface area contributed by atoms with Crippen molar-refractivity contribution in [3.63, 3.8) is 0 Å². The lowest BCUT2D eigenvalue weighted by atomic mass is 10.0. The summed E-state index contributed by atoms with van der Waals surface area (Å²) in [5.41, 5.74) is 13.0. The molecule has 0 amide bonds. The van der Waals surface area contributed by atoms with Gasteiger partial charge in [0.2, 0.25) is 0 Å². The molecule has 3 N–H and O–H groups in total. The van der Waals surface area contributed by atoms with Crippen LogP contribution in [-0.2, 0) is 11.3 Å². The Morgan fingerprint density at radius 1 is 0.921 bits per heavy atom. The number of halogens is 2. The van der Waals surface area contributed by atoms with Crippen molar-refractivity contribution in [2.24, 2.45) is 0 Å². The molecule has 0 aliphatic carbocycles. The number of hydrogen-bond acceptors (Lipinski definition) is 4. The molecule has 4 aromatic carbocycles. The molecule has 1 atom stereocenters. The summed E-state index contributed by atoms with van der Waals surface area (Å²) in [5, 5.41) is 3.29. The van der Waals surface area contributed by atoms with Crippen LogP contribution in [0.3, 0.4) is 0 Å². The van der Waals surface area contributed by atoms with Crippen LogP contribution in [0.1, 0.15) is 11.1 Å². The molecule has 188 valence electrons. The van der Waals surface area contributed by atoms with E-state index in [9.17, 15) is 8.78 Å².